The number of nitrogens with one attached hydrogen (secondary N) is 1. The molecule has 3 rings (SSSR count). The molecule has 2 aromatic rings. The summed E-state index contributed by atoms with van der Waals surface area (Å²) in [6, 6.07) is 18.2. The van der Waals surface area contributed by atoms with Crippen LogP contribution in [0.15, 0.2) is 54.6 Å². The van der Waals surface area contributed by atoms with Crippen molar-refractivity contribution in [3.8, 4) is 11.1 Å². The molecule has 0 atom stereocenters. The van der Waals surface area contributed by atoms with E-state index in [9.17, 15) is 4.79 Å². The Hall–Kier alpha value is -2.13. The van der Waals surface area contributed by atoms with E-state index in [1.165, 1.54) is 0 Å². The molecule has 23 heavy (non-hydrogen) atoms. The van der Waals surface area contributed by atoms with Crippen LogP contribution in [0.5, 0.6) is 0 Å². The van der Waals surface area contributed by atoms with Crippen LogP contribution in [0.3, 0.4) is 0 Å². The highest BCUT2D eigenvalue weighted by atomic mass is 16.1. The van der Waals surface area contributed by atoms with Crippen LogP contribution in [-0.4, -0.2) is 36.5 Å². The molecular weight excluding hydrogens is 284 g/mol. The summed E-state index contributed by atoms with van der Waals surface area (Å²) in [5.74, 6) is 0.0411. The van der Waals surface area contributed by atoms with Gasteiger partial charge in [0.2, 0.25) is 0 Å². The number of piperidine rings is 1. The minimum absolute atomic E-state index is 0.0411. The van der Waals surface area contributed by atoms with Crippen molar-refractivity contribution in [3.63, 3.8) is 0 Å². The molecule has 0 bridgehead atoms. The van der Waals surface area contributed by atoms with E-state index in [2.05, 4.69) is 17.1 Å². The molecule has 0 unspecified atom stereocenters. The highest BCUT2D eigenvalue weighted by Crippen LogP contribution is 2.23. The van der Waals surface area contributed by atoms with Crippen molar-refractivity contribution >= 4 is 5.91 Å². The number of nitrogens with zero attached hydrogens (tertiary/aromatic N) is 1. The van der Waals surface area contributed by atoms with E-state index in [4.69, 9.17) is 0 Å². The van der Waals surface area contributed by atoms with Crippen molar-refractivity contribution < 1.29 is 4.79 Å². The molecule has 0 aliphatic carbocycles. The zero-order valence-corrected chi connectivity index (χ0v) is 13.7. The molecule has 1 heterocycles. The first-order chi connectivity index (χ1) is 11.3. The molecule has 3 nitrogen and oxygen atoms in total. The van der Waals surface area contributed by atoms with Crippen LogP contribution in [0.2, 0.25) is 0 Å². The summed E-state index contributed by atoms with van der Waals surface area (Å²) in [6.07, 6.45) is 2.07. The van der Waals surface area contributed by atoms with Crippen LogP contribution in [0.1, 0.15) is 30.1 Å². The Kier molecular flexibility index (Phi) is 5.09. The number of hydrogen-bond acceptors (Lipinski definition) is 2. The monoisotopic (exact) mass is 308 g/mol. The first-order valence-electron chi connectivity index (χ1n) is 8.45. The second-order valence-electron chi connectivity index (χ2n) is 6.09. The van der Waals surface area contributed by atoms with Crippen LogP contribution >= 0.6 is 0 Å². The van der Waals surface area contributed by atoms with Gasteiger partial charge < -0.3 is 10.2 Å². The smallest absolute Gasteiger partial charge is 0.252 e. The summed E-state index contributed by atoms with van der Waals surface area (Å²) in [5.41, 5.74) is 2.84. The van der Waals surface area contributed by atoms with Gasteiger partial charge in [0.1, 0.15) is 0 Å². The maximum atomic E-state index is 12.7. The van der Waals surface area contributed by atoms with Gasteiger partial charge in [0.05, 0.1) is 0 Å². The summed E-state index contributed by atoms with van der Waals surface area (Å²) >= 11 is 0. The summed E-state index contributed by atoms with van der Waals surface area (Å²) < 4.78 is 0. The molecule has 120 valence electrons. The van der Waals surface area contributed by atoms with Gasteiger partial charge in [-0.2, -0.15) is 0 Å². The average molecular weight is 308 g/mol. The normalized spacial score (nSPS) is 16.2. The van der Waals surface area contributed by atoms with Gasteiger partial charge >= 0.3 is 0 Å². The van der Waals surface area contributed by atoms with E-state index in [1.807, 2.05) is 54.6 Å². The lowest BCUT2D eigenvalue weighted by Gasteiger charge is -2.31. The highest BCUT2D eigenvalue weighted by molar-refractivity contribution is 6.01. The Morgan fingerprint density at radius 1 is 1.04 bits per heavy atom. The lowest BCUT2D eigenvalue weighted by molar-refractivity contribution is 0.0913. The summed E-state index contributed by atoms with van der Waals surface area (Å²) in [6.45, 7) is 5.43. The first-order valence-corrected chi connectivity index (χ1v) is 8.45. The lowest BCUT2D eigenvalue weighted by atomic mass is 9.98. The van der Waals surface area contributed by atoms with Crippen molar-refractivity contribution in [2.75, 3.05) is 19.6 Å². The minimum Gasteiger partial charge on any atom is -0.349 e. The molecule has 1 fully saturated rings. The molecular formula is C20H24N2O. The van der Waals surface area contributed by atoms with Crippen LogP contribution in [0, 0.1) is 0 Å². The van der Waals surface area contributed by atoms with E-state index < -0.39 is 0 Å². The number of rotatable bonds is 4. The second kappa shape index (κ2) is 7.42. The summed E-state index contributed by atoms with van der Waals surface area (Å²) in [7, 11) is 0. The first kappa shape index (κ1) is 15.8. The van der Waals surface area contributed by atoms with Crippen LogP contribution in [0.25, 0.3) is 11.1 Å². The van der Waals surface area contributed by atoms with Crippen molar-refractivity contribution in [3.05, 3.63) is 60.2 Å². The maximum absolute atomic E-state index is 12.7. The van der Waals surface area contributed by atoms with Crippen molar-refractivity contribution in [1.29, 1.82) is 0 Å². The van der Waals surface area contributed by atoms with E-state index in [-0.39, 0.29) is 11.9 Å². The second-order valence-corrected chi connectivity index (χ2v) is 6.09. The quantitative estimate of drug-likeness (QED) is 0.936. The zero-order valence-electron chi connectivity index (χ0n) is 13.7. The van der Waals surface area contributed by atoms with Gasteiger partial charge in [0, 0.05) is 24.7 Å². The van der Waals surface area contributed by atoms with Gasteiger partial charge in [-0.3, -0.25) is 4.79 Å². The van der Waals surface area contributed by atoms with Gasteiger partial charge in [-0.25, -0.2) is 0 Å². The molecule has 3 heteroatoms. The minimum atomic E-state index is 0.0411. The third-order valence-corrected chi connectivity index (χ3v) is 4.63. The number of likely N-dealkylation sites (tertiary alicyclic amines) is 1. The van der Waals surface area contributed by atoms with Crippen LogP contribution in [0.4, 0.5) is 0 Å². The van der Waals surface area contributed by atoms with Crippen LogP contribution in [-0.2, 0) is 0 Å². The third kappa shape index (κ3) is 3.80. The van der Waals surface area contributed by atoms with Crippen LogP contribution < -0.4 is 5.32 Å². The van der Waals surface area contributed by atoms with Gasteiger partial charge in [-0.1, -0.05) is 55.5 Å². The molecule has 2 aromatic carbocycles. The SMILES string of the molecule is CCN1CCC(NC(=O)c2ccccc2-c2ccccc2)CC1. The standard InChI is InChI=1S/C20H24N2O/c1-2-22-14-12-17(13-15-22)21-20(23)19-11-7-6-10-18(19)16-8-4-3-5-9-16/h3-11,17H,2,12-15H2,1H3,(H,21,23). The number of carbonyl (C=O) groups is 1. The Labute approximate surface area is 138 Å². The number of hydrogen-bond donors (Lipinski definition) is 1. The Morgan fingerprint density at radius 3 is 2.39 bits per heavy atom. The number of carbonyl (C=O) groups excluding carboxylic acids is 1. The topological polar surface area (TPSA) is 32.3 Å². The third-order valence-electron chi connectivity index (χ3n) is 4.63. The van der Waals surface area contributed by atoms with E-state index in [1.54, 1.807) is 0 Å². The Morgan fingerprint density at radius 2 is 1.70 bits per heavy atom. The largest absolute Gasteiger partial charge is 0.349 e. The molecule has 1 N–H and O–H groups in total. The highest BCUT2D eigenvalue weighted by Gasteiger charge is 2.21. The van der Waals surface area contributed by atoms with Gasteiger partial charge in [0.15, 0.2) is 0 Å². The molecule has 1 aliphatic heterocycles. The van der Waals surface area contributed by atoms with Gasteiger partial charge in [-0.15, -0.1) is 0 Å². The number of benzene rings is 2. The number of amides is 1. The molecule has 0 aromatic heterocycles. The molecule has 1 saturated heterocycles. The van der Waals surface area contributed by atoms with E-state index >= 15 is 0 Å². The molecule has 1 aliphatic rings. The lowest BCUT2D eigenvalue weighted by Crippen LogP contribution is -2.44. The van der Waals surface area contributed by atoms with Crippen molar-refractivity contribution in [2.24, 2.45) is 0 Å². The van der Waals surface area contributed by atoms with E-state index in [0.717, 1.165) is 49.2 Å². The van der Waals surface area contributed by atoms with Gasteiger partial charge in [-0.05, 0) is 36.6 Å². The Balaban J connectivity index is 1.73. The van der Waals surface area contributed by atoms with Crippen molar-refractivity contribution in [2.45, 2.75) is 25.8 Å². The maximum Gasteiger partial charge on any atom is 0.252 e. The molecule has 0 saturated carbocycles. The predicted molar refractivity (Wildman–Crippen MR) is 94.5 cm³/mol. The fourth-order valence-corrected chi connectivity index (χ4v) is 3.21. The van der Waals surface area contributed by atoms with Crippen molar-refractivity contribution in [1.82, 2.24) is 10.2 Å². The molecule has 1 amide bonds. The average Bonchev–Trinajstić information content (AvgIpc) is 2.63. The van der Waals surface area contributed by atoms with Gasteiger partial charge in [0.25, 0.3) is 5.91 Å². The summed E-state index contributed by atoms with van der Waals surface area (Å²) in [5, 5.41) is 3.22. The molecule has 0 radical (unpaired) electrons. The summed E-state index contributed by atoms with van der Waals surface area (Å²) in [4.78, 5) is 15.2. The fourth-order valence-electron chi connectivity index (χ4n) is 3.21. The molecule has 0 spiro atoms. The Bertz CT molecular complexity index is 646. The predicted octanol–water partition coefficient (Wildman–Crippen LogP) is 3.57. The zero-order chi connectivity index (χ0) is 16.1. The van der Waals surface area contributed by atoms with E-state index in [0.29, 0.717) is 0 Å². The fraction of sp³-hybridized carbons (Fsp3) is 0.350.